The molecule has 0 aromatic heterocycles. The van der Waals surface area contributed by atoms with E-state index in [1.165, 1.54) is 0 Å². The topological polar surface area (TPSA) is 44.0 Å². The van der Waals surface area contributed by atoms with Crippen molar-refractivity contribution in [1.29, 1.82) is 5.26 Å². The summed E-state index contributed by atoms with van der Waals surface area (Å²) in [6.45, 7) is 9.13. The third-order valence-corrected chi connectivity index (χ3v) is 0.933. The Kier molecular flexibility index (Phi) is 9.77. The fraction of sp³-hybridized carbons (Fsp3) is 0.625. The van der Waals surface area contributed by atoms with Crippen molar-refractivity contribution < 1.29 is 5.11 Å². The molecule has 0 aromatic carbocycles. The lowest BCUT2D eigenvalue weighted by molar-refractivity contribution is 0.212. The van der Waals surface area contributed by atoms with Crippen molar-refractivity contribution in [2.75, 3.05) is 0 Å². The van der Waals surface area contributed by atoms with Gasteiger partial charge in [-0.3, -0.25) is 0 Å². The first-order valence-electron chi connectivity index (χ1n) is 3.49. The summed E-state index contributed by atoms with van der Waals surface area (Å²) in [5.74, 6) is 0. The van der Waals surface area contributed by atoms with Gasteiger partial charge in [-0.2, -0.15) is 5.26 Å². The van der Waals surface area contributed by atoms with Crippen molar-refractivity contribution in [2.24, 2.45) is 0 Å². The van der Waals surface area contributed by atoms with Crippen LogP contribution >= 0.6 is 0 Å². The first-order valence-corrected chi connectivity index (χ1v) is 3.49. The summed E-state index contributed by atoms with van der Waals surface area (Å²) in [5, 5.41) is 16.9. The van der Waals surface area contributed by atoms with Gasteiger partial charge in [-0.25, -0.2) is 0 Å². The van der Waals surface area contributed by atoms with E-state index < -0.39 is 6.10 Å². The molecule has 0 aliphatic carbocycles. The van der Waals surface area contributed by atoms with Crippen molar-refractivity contribution in [1.82, 2.24) is 0 Å². The second-order valence-corrected chi connectivity index (χ2v) is 1.56. The van der Waals surface area contributed by atoms with Crippen molar-refractivity contribution >= 4 is 0 Å². The molecule has 0 radical (unpaired) electrons. The number of aliphatic hydroxyl groups is 1. The van der Waals surface area contributed by atoms with E-state index in [9.17, 15) is 0 Å². The minimum Gasteiger partial charge on any atom is -0.388 e. The summed E-state index contributed by atoms with van der Waals surface area (Å²) in [6.07, 6.45) is -0.0770. The second kappa shape index (κ2) is 8.19. The van der Waals surface area contributed by atoms with Crippen LogP contribution in [0.4, 0.5) is 0 Å². The van der Waals surface area contributed by atoms with Gasteiger partial charge in [0, 0.05) is 0 Å². The molecular formula is C8H15NO. The van der Waals surface area contributed by atoms with Gasteiger partial charge < -0.3 is 5.11 Å². The van der Waals surface area contributed by atoms with Crippen molar-refractivity contribution in [2.45, 2.75) is 33.3 Å². The van der Waals surface area contributed by atoms with Crippen molar-refractivity contribution in [3.8, 4) is 6.07 Å². The van der Waals surface area contributed by atoms with Gasteiger partial charge in [0.05, 0.1) is 17.7 Å². The average molecular weight is 141 g/mol. The van der Waals surface area contributed by atoms with Gasteiger partial charge in [0.1, 0.15) is 0 Å². The predicted octanol–water partition coefficient (Wildman–Crippen LogP) is 1.86. The van der Waals surface area contributed by atoms with E-state index in [4.69, 9.17) is 10.4 Å². The molecule has 0 saturated carbocycles. The van der Waals surface area contributed by atoms with Gasteiger partial charge in [-0.05, 0) is 6.42 Å². The molecule has 0 spiro atoms. The molecule has 0 fully saturated rings. The predicted molar refractivity (Wildman–Crippen MR) is 42.4 cm³/mol. The standard InChI is InChI=1S/C6H9NO.C2H6/c1-3-6(8)5(2)4-7;1-2/h6,8H,2-3H2,1H3;1-2H3. The van der Waals surface area contributed by atoms with Crippen LogP contribution in [0.3, 0.4) is 0 Å². The molecule has 0 rings (SSSR count). The summed E-state index contributed by atoms with van der Waals surface area (Å²) in [5.41, 5.74) is 0.243. The van der Waals surface area contributed by atoms with Gasteiger partial charge in [-0.15, -0.1) is 0 Å². The fourth-order valence-electron chi connectivity index (χ4n) is 0.321. The second-order valence-electron chi connectivity index (χ2n) is 1.56. The van der Waals surface area contributed by atoms with Crippen LogP contribution in [-0.2, 0) is 0 Å². The minimum atomic E-state index is -0.639. The van der Waals surface area contributed by atoms with Crippen LogP contribution in [0.1, 0.15) is 27.2 Å². The molecule has 1 atom stereocenters. The van der Waals surface area contributed by atoms with Crippen LogP contribution in [0, 0.1) is 11.3 Å². The highest BCUT2D eigenvalue weighted by molar-refractivity contribution is 5.20. The first-order chi connectivity index (χ1) is 4.72. The van der Waals surface area contributed by atoms with Gasteiger partial charge in [0.25, 0.3) is 0 Å². The molecule has 0 aliphatic rings. The summed E-state index contributed by atoms with van der Waals surface area (Å²) in [6, 6.07) is 1.77. The minimum absolute atomic E-state index is 0.243. The average Bonchev–Trinajstić information content (AvgIpc) is 2.05. The largest absolute Gasteiger partial charge is 0.388 e. The zero-order valence-corrected chi connectivity index (χ0v) is 6.89. The van der Waals surface area contributed by atoms with Gasteiger partial charge in [0.15, 0.2) is 0 Å². The lowest BCUT2D eigenvalue weighted by atomic mass is 10.1. The zero-order valence-electron chi connectivity index (χ0n) is 6.89. The molecule has 0 saturated heterocycles. The fourth-order valence-corrected chi connectivity index (χ4v) is 0.321. The molecule has 2 nitrogen and oxygen atoms in total. The molecule has 0 heterocycles. The van der Waals surface area contributed by atoms with E-state index in [1.807, 2.05) is 13.8 Å². The maximum absolute atomic E-state index is 8.80. The highest BCUT2D eigenvalue weighted by atomic mass is 16.3. The highest BCUT2D eigenvalue weighted by Gasteiger charge is 2.02. The van der Waals surface area contributed by atoms with Crippen LogP contribution in [0.5, 0.6) is 0 Å². The molecule has 0 aliphatic heterocycles. The Balaban J connectivity index is 0. The highest BCUT2D eigenvalue weighted by Crippen LogP contribution is 1.99. The smallest absolute Gasteiger partial charge is 0.0968 e. The Morgan fingerprint density at radius 1 is 1.70 bits per heavy atom. The van der Waals surface area contributed by atoms with Crippen LogP contribution in [0.25, 0.3) is 0 Å². The molecular weight excluding hydrogens is 126 g/mol. The third-order valence-electron chi connectivity index (χ3n) is 0.933. The molecule has 2 heteroatoms. The Hall–Kier alpha value is -0.810. The Morgan fingerprint density at radius 2 is 2.10 bits per heavy atom. The van der Waals surface area contributed by atoms with E-state index in [-0.39, 0.29) is 5.57 Å². The van der Waals surface area contributed by atoms with Crippen molar-refractivity contribution in [3.05, 3.63) is 12.2 Å². The molecule has 1 N–H and O–H groups in total. The van der Waals surface area contributed by atoms with E-state index in [0.717, 1.165) is 0 Å². The Bertz CT molecular complexity index is 124. The van der Waals surface area contributed by atoms with Crippen LogP contribution in [-0.4, -0.2) is 11.2 Å². The lowest BCUT2D eigenvalue weighted by Crippen LogP contribution is -2.04. The molecule has 0 aromatic rings. The molecule has 58 valence electrons. The summed E-state index contributed by atoms with van der Waals surface area (Å²) in [7, 11) is 0. The summed E-state index contributed by atoms with van der Waals surface area (Å²) >= 11 is 0. The van der Waals surface area contributed by atoms with Crippen LogP contribution in [0.2, 0.25) is 0 Å². The summed E-state index contributed by atoms with van der Waals surface area (Å²) in [4.78, 5) is 0. The number of nitriles is 1. The first kappa shape index (κ1) is 11.9. The van der Waals surface area contributed by atoms with E-state index in [2.05, 4.69) is 6.58 Å². The lowest BCUT2D eigenvalue weighted by Gasteiger charge is -2.00. The molecule has 0 amide bonds. The summed E-state index contributed by atoms with van der Waals surface area (Å²) < 4.78 is 0. The molecule has 10 heavy (non-hydrogen) atoms. The Morgan fingerprint density at radius 3 is 2.20 bits per heavy atom. The normalized spacial score (nSPS) is 10.3. The third kappa shape index (κ3) is 5.33. The number of hydrogen-bond donors (Lipinski definition) is 1. The Labute approximate surface area is 62.8 Å². The number of nitrogens with zero attached hydrogens (tertiary/aromatic N) is 1. The number of rotatable bonds is 2. The monoisotopic (exact) mass is 141 g/mol. The molecule has 0 bridgehead atoms. The van der Waals surface area contributed by atoms with Gasteiger partial charge in [0.2, 0.25) is 0 Å². The van der Waals surface area contributed by atoms with E-state index in [1.54, 1.807) is 13.0 Å². The number of aliphatic hydroxyl groups excluding tert-OH is 1. The van der Waals surface area contributed by atoms with Crippen molar-refractivity contribution in [3.63, 3.8) is 0 Å². The van der Waals surface area contributed by atoms with E-state index >= 15 is 0 Å². The quantitative estimate of drug-likeness (QED) is 0.596. The van der Waals surface area contributed by atoms with E-state index in [0.29, 0.717) is 6.42 Å². The van der Waals surface area contributed by atoms with Crippen LogP contribution < -0.4 is 0 Å². The maximum Gasteiger partial charge on any atom is 0.0968 e. The number of hydrogen-bond acceptors (Lipinski definition) is 2. The van der Waals surface area contributed by atoms with Gasteiger partial charge in [-0.1, -0.05) is 27.4 Å². The maximum atomic E-state index is 8.80. The zero-order chi connectivity index (χ0) is 8.57. The van der Waals surface area contributed by atoms with Gasteiger partial charge >= 0.3 is 0 Å². The van der Waals surface area contributed by atoms with Crippen LogP contribution in [0.15, 0.2) is 12.2 Å². The SMILES string of the molecule is C=C(C#N)C(O)CC.CC. The molecule has 1 unspecified atom stereocenters.